The number of hydrogen-bond donors (Lipinski definition) is 1. The zero-order valence-electron chi connectivity index (χ0n) is 11.8. The van der Waals surface area contributed by atoms with Gasteiger partial charge in [0.15, 0.2) is 5.82 Å². The quantitative estimate of drug-likeness (QED) is 0.936. The van der Waals surface area contributed by atoms with Crippen LogP contribution < -0.4 is 10.2 Å². The molecule has 1 aliphatic heterocycles. The van der Waals surface area contributed by atoms with Crippen molar-refractivity contribution < 1.29 is 0 Å². The molecule has 2 heterocycles. The lowest BCUT2D eigenvalue weighted by Crippen LogP contribution is -2.45. The van der Waals surface area contributed by atoms with Crippen molar-refractivity contribution in [2.45, 2.75) is 0 Å². The molecule has 1 N–H and O–H groups in total. The highest BCUT2D eigenvalue weighted by atomic mass is 35.5. The summed E-state index contributed by atoms with van der Waals surface area (Å²) in [5.41, 5.74) is 0.882. The number of piperazine rings is 1. The maximum atomic E-state index is 5.98. The second-order valence-corrected chi connectivity index (χ2v) is 5.50. The first-order valence-corrected chi connectivity index (χ1v) is 7.24. The van der Waals surface area contributed by atoms with Crippen LogP contribution in [0, 0.1) is 0 Å². The van der Waals surface area contributed by atoms with Crippen molar-refractivity contribution in [1.82, 2.24) is 20.1 Å². The number of anilines is 3. The molecule has 0 radical (unpaired) electrons. The zero-order chi connectivity index (χ0) is 14.7. The molecule has 1 aromatic carbocycles. The maximum absolute atomic E-state index is 5.98. The Hall–Kier alpha value is -1.92. The second-order valence-electron chi connectivity index (χ2n) is 5.07. The van der Waals surface area contributed by atoms with Gasteiger partial charge in [0.2, 0.25) is 5.95 Å². The molecule has 0 unspecified atom stereocenters. The average Bonchev–Trinajstić information content (AvgIpc) is 2.48. The number of halogens is 1. The molecular formula is C14H17ClN6. The molecule has 1 aliphatic rings. The van der Waals surface area contributed by atoms with Crippen molar-refractivity contribution >= 4 is 29.1 Å². The van der Waals surface area contributed by atoms with E-state index >= 15 is 0 Å². The standard InChI is InChI=1S/C14H17ClN6/c1-20-5-7-21(8-6-20)14-18-13(10-16-19-14)17-12-4-2-3-11(15)9-12/h2-4,9-10H,5-8H2,1H3,(H,17,18,19). The van der Waals surface area contributed by atoms with E-state index in [1.54, 1.807) is 6.20 Å². The minimum Gasteiger partial charge on any atom is -0.339 e. The zero-order valence-corrected chi connectivity index (χ0v) is 12.6. The molecule has 1 aromatic heterocycles. The Kier molecular flexibility index (Phi) is 4.17. The Morgan fingerprint density at radius 2 is 2.00 bits per heavy atom. The molecule has 3 rings (SSSR count). The molecule has 6 nitrogen and oxygen atoms in total. The van der Waals surface area contributed by atoms with Crippen molar-refractivity contribution in [3.8, 4) is 0 Å². The predicted octanol–water partition coefficient (Wildman–Crippen LogP) is 2.02. The maximum Gasteiger partial charge on any atom is 0.247 e. The van der Waals surface area contributed by atoms with E-state index in [0.29, 0.717) is 16.8 Å². The van der Waals surface area contributed by atoms with Crippen LogP contribution in [0.4, 0.5) is 17.5 Å². The molecule has 0 aliphatic carbocycles. The number of nitrogens with zero attached hydrogens (tertiary/aromatic N) is 5. The third-order valence-corrected chi connectivity index (χ3v) is 3.67. The van der Waals surface area contributed by atoms with E-state index in [-0.39, 0.29) is 0 Å². The Balaban J connectivity index is 1.74. The molecule has 110 valence electrons. The van der Waals surface area contributed by atoms with Gasteiger partial charge in [-0.05, 0) is 25.2 Å². The number of benzene rings is 1. The fraction of sp³-hybridized carbons (Fsp3) is 0.357. The van der Waals surface area contributed by atoms with Gasteiger partial charge in [0, 0.05) is 36.9 Å². The second kappa shape index (κ2) is 6.24. The number of nitrogens with one attached hydrogen (secondary N) is 1. The van der Waals surface area contributed by atoms with Crippen molar-refractivity contribution in [3.05, 3.63) is 35.5 Å². The highest BCUT2D eigenvalue weighted by Crippen LogP contribution is 2.19. The van der Waals surface area contributed by atoms with Crippen molar-refractivity contribution in [2.24, 2.45) is 0 Å². The van der Waals surface area contributed by atoms with Crippen LogP contribution in [0.2, 0.25) is 5.02 Å². The summed E-state index contributed by atoms with van der Waals surface area (Å²) in [5, 5.41) is 12.0. The largest absolute Gasteiger partial charge is 0.339 e. The third-order valence-electron chi connectivity index (χ3n) is 3.43. The van der Waals surface area contributed by atoms with Crippen LogP contribution in [0.25, 0.3) is 0 Å². The van der Waals surface area contributed by atoms with Crippen LogP contribution >= 0.6 is 11.6 Å². The van der Waals surface area contributed by atoms with E-state index in [2.05, 4.69) is 37.3 Å². The molecule has 0 spiro atoms. The van der Waals surface area contributed by atoms with Gasteiger partial charge < -0.3 is 15.1 Å². The van der Waals surface area contributed by atoms with Gasteiger partial charge >= 0.3 is 0 Å². The third kappa shape index (κ3) is 3.59. The summed E-state index contributed by atoms with van der Waals surface area (Å²) < 4.78 is 0. The lowest BCUT2D eigenvalue weighted by atomic mass is 10.3. The summed E-state index contributed by atoms with van der Waals surface area (Å²) in [4.78, 5) is 8.96. The van der Waals surface area contributed by atoms with Gasteiger partial charge in [0.25, 0.3) is 0 Å². The van der Waals surface area contributed by atoms with E-state index in [1.807, 2.05) is 24.3 Å². The minimum atomic E-state index is 0.662. The van der Waals surface area contributed by atoms with Crippen molar-refractivity contribution in [2.75, 3.05) is 43.4 Å². The Morgan fingerprint density at radius 3 is 2.76 bits per heavy atom. The molecule has 0 saturated carbocycles. The summed E-state index contributed by atoms with van der Waals surface area (Å²) in [6, 6.07) is 7.50. The van der Waals surface area contributed by atoms with Crippen LogP contribution in [0.5, 0.6) is 0 Å². The molecule has 21 heavy (non-hydrogen) atoms. The number of hydrogen-bond acceptors (Lipinski definition) is 6. The fourth-order valence-electron chi connectivity index (χ4n) is 2.21. The lowest BCUT2D eigenvalue weighted by Gasteiger charge is -2.32. The van der Waals surface area contributed by atoms with Gasteiger partial charge in [-0.25, -0.2) is 0 Å². The summed E-state index contributed by atoms with van der Waals surface area (Å²) in [6.07, 6.45) is 1.61. The summed E-state index contributed by atoms with van der Waals surface area (Å²) in [5.74, 6) is 1.33. The Labute approximate surface area is 128 Å². The normalized spacial score (nSPS) is 16.0. The smallest absolute Gasteiger partial charge is 0.247 e. The van der Waals surface area contributed by atoms with Gasteiger partial charge in [-0.1, -0.05) is 17.7 Å². The van der Waals surface area contributed by atoms with Gasteiger partial charge in [-0.2, -0.15) is 10.1 Å². The van der Waals surface area contributed by atoms with Crippen LogP contribution in [0.1, 0.15) is 0 Å². The lowest BCUT2D eigenvalue weighted by molar-refractivity contribution is 0.311. The highest BCUT2D eigenvalue weighted by Gasteiger charge is 2.17. The van der Waals surface area contributed by atoms with Crippen LogP contribution in [0.3, 0.4) is 0 Å². The topological polar surface area (TPSA) is 57.2 Å². The summed E-state index contributed by atoms with van der Waals surface area (Å²) in [7, 11) is 2.12. The average molecular weight is 305 g/mol. The number of aromatic nitrogens is 3. The van der Waals surface area contributed by atoms with Gasteiger partial charge in [0.05, 0.1) is 6.20 Å². The first kappa shape index (κ1) is 14.0. The van der Waals surface area contributed by atoms with Crippen LogP contribution in [-0.4, -0.2) is 53.3 Å². The molecule has 7 heteroatoms. The van der Waals surface area contributed by atoms with Crippen molar-refractivity contribution in [1.29, 1.82) is 0 Å². The highest BCUT2D eigenvalue weighted by molar-refractivity contribution is 6.30. The number of likely N-dealkylation sites (N-methyl/N-ethyl adjacent to an activating group) is 1. The van der Waals surface area contributed by atoms with Crippen LogP contribution in [-0.2, 0) is 0 Å². The SMILES string of the molecule is CN1CCN(c2nncc(Nc3cccc(Cl)c3)n2)CC1. The van der Waals surface area contributed by atoms with Crippen molar-refractivity contribution in [3.63, 3.8) is 0 Å². The molecule has 1 fully saturated rings. The molecule has 1 saturated heterocycles. The molecule has 0 atom stereocenters. The Morgan fingerprint density at radius 1 is 1.19 bits per heavy atom. The summed E-state index contributed by atoms with van der Waals surface area (Å²) in [6.45, 7) is 3.85. The van der Waals surface area contributed by atoms with E-state index in [4.69, 9.17) is 11.6 Å². The van der Waals surface area contributed by atoms with E-state index in [1.165, 1.54) is 0 Å². The fourth-order valence-corrected chi connectivity index (χ4v) is 2.40. The van der Waals surface area contributed by atoms with E-state index in [0.717, 1.165) is 31.9 Å². The molecule has 0 bridgehead atoms. The van der Waals surface area contributed by atoms with Crippen LogP contribution in [0.15, 0.2) is 30.5 Å². The van der Waals surface area contributed by atoms with E-state index < -0.39 is 0 Å². The van der Waals surface area contributed by atoms with Gasteiger partial charge in [-0.15, -0.1) is 5.10 Å². The monoisotopic (exact) mass is 304 g/mol. The molecule has 0 amide bonds. The Bertz CT molecular complexity index is 612. The molecular weight excluding hydrogens is 288 g/mol. The first-order valence-electron chi connectivity index (χ1n) is 6.86. The van der Waals surface area contributed by atoms with Gasteiger partial charge in [0.1, 0.15) is 0 Å². The van der Waals surface area contributed by atoms with Gasteiger partial charge in [-0.3, -0.25) is 0 Å². The summed E-state index contributed by atoms with van der Waals surface area (Å²) >= 11 is 5.98. The first-order chi connectivity index (χ1) is 10.2. The van der Waals surface area contributed by atoms with E-state index in [9.17, 15) is 0 Å². The minimum absolute atomic E-state index is 0.662. The molecule has 2 aromatic rings. The number of rotatable bonds is 3. The predicted molar refractivity (Wildman–Crippen MR) is 84.3 cm³/mol.